The molecule has 2 aromatic rings. The number of ether oxygens (including phenoxy) is 2. The third kappa shape index (κ3) is 13.7. The van der Waals surface area contributed by atoms with Gasteiger partial charge in [-0.2, -0.15) is 0 Å². The lowest BCUT2D eigenvalue weighted by atomic mass is 10.1. The van der Waals surface area contributed by atoms with Gasteiger partial charge in [0.2, 0.25) is 6.29 Å². The van der Waals surface area contributed by atoms with Crippen LogP contribution in [-0.4, -0.2) is 31.4 Å². The lowest BCUT2D eigenvalue weighted by Crippen LogP contribution is -2.05. The predicted molar refractivity (Wildman–Crippen MR) is 130 cm³/mol. The number of carbonyl (C=O) groups is 3. The molecule has 0 aliphatic carbocycles. The van der Waals surface area contributed by atoms with Crippen molar-refractivity contribution in [2.24, 2.45) is 0 Å². The van der Waals surface area contributed by atoms with Gasteiger partial charge in [-0.05, 0) is 75.1 Å². The Morgan fingerprint density at radius 3 is 1.90 bits per heavy atom. The van der Waals surface area contributed by atoms with E-state index in [-0.39, 0.29) is 18.9 Å². The van der Waals surface area contributed by atoms with E-state index in [1.165, 1.54) is 16.7 Å². The zero-order chi connectivity index (χ0) is 23.8. The molecule has 170 valence electrons. The molecule has 0 aliphatic heterocycles. The molecule has 0 radical (unpaired) electrons. The van der Waals surface area contributed by atoms with Crippen LogP contribution in [0.5, 0.6) is 0 Å². The van der Waals surface area contributed by atoms with Crippen LogP contribution in [0.15, 0.2) is 45.3 Å². The Hall–Kier alpha value is -2.19. The van der Waals surface area contributed by atoms with Crippen molar-refractivity contribution in [3.05, 3.63) is 62.0 Å². The molecule has 0 heterocycles. The molecule has 0 atom stereocenters. The van der Waals surface area contributed by atoms with Gasteiger partial charge in [-0.3, -0.25) is 9.59 Å². The van der Waals surface area contributed by atoms with Crippen molar-refractivity contribution in [1.29, 1.82) is 0 Å². The molecular formula is C23H29Br2NO5. The van der Waals surface area contributed by atoms with E-state index >= 15 is 0 Å². The number of nitrogens with two attached hydrogens (primary N) is 1. The first-order valence-electron chi connectivity index (χ1n) is 9.68. The summed E-state index contributed by atoms with van der Waals surface area (Å²) in [6, 6.07) is 11.9. The predicted octanol–water partition coefficient (Wildman–Crippen LogP) is 5.34. The first kappa shape index (κ1) is 28.8. The molecule has 0 fully saturated rings. The molecule has 0 bridgehead atoms. The van der Waals surface area contributed by atoms with Gasteiger partial charge in [0.1, 0.15) is 0 Å². The smallest absolute Gasteiger partial charge is 0.371 e. The van der Waals surface area contributed by atoms with Crippen molar-refractivity contribution in [2.45, 2.75) is 40.5 Å². The maximum atomic E-state index is 11.1. The largest absolute Gasteiger partial charge is 0.466 e. The van der Waals surface area contributed by atoms with Gasteiger partial charge in [0, 0.05) is 21.1 Å². The summed E-state index contributed by atoms with van der Waals surface area (Å²) in [5.74, 6) is -0.930. The Labute approximate surface area is 200 Å². The van der Waals surface area contributed by atoms with E-state index < -0.39 is 5.97 Å². The molecule has 0 spiro atoms. The first-order chi connectivity index (χ1) is 14.6. The third-order valence-corrected chi connectivity index (χ3v) is 5.49. The van der Waals surface area contributed by atoms with Crippen LogP contribution in [0.25, 0.3) is 0 Å². The molecule has 0 aromatic heterocycles. The molecular weight excluding hydrogens is 530 g/mol. The highest BCUT2D eigenvalue weighted by molar-refractivity contribution is 9.10. The van der Waals surface area contributed by atoms with E-state index in [0.717, 1.165) is 21.1 Å². The zero-order valence-electron chi connectivity index (χ0n) is 18.2. The number of hydrogen-bond donors (Lipinski definition) is 1. The number of aryl methyl sites for hydroxylation is 3. The highest BCUT2D eigenvalue weighted by Crippen LogP contribution is 2.18. The van der Waals surface area contributed by atoms with Gasteiger partial charge in [0.05, 0.1) is 13.2 Å². The Kier molecular flexibility index (Phi) is 15.3. The number of halogens is 2. The number of carbonyl (C=O) groups excluding carboxylic acids is 3. The van der Waals surface area contributed by atoms with Gasteiger partial charge in [-0.25, -0.2) is 4.79 Å². The number of esters is 2. The van der Waals surface area contributed by atoms with Gasteiger partial charge >= 0.3 is 11.9 Å². The van der Waals surface area contributed by atoms with Crippen LogP contribution in [-0.2, 0) is 30.3 Å². The minimum Gasteiger partial charge on any atom is -0.466 e. The average molecular weight is 559 g/mol. The van der Waals surface area contributed by atoms with Gasteiger partial charge in [0.15, 0.2) is 0 Å². The molecule has 0 saturated carbocycles. The summed E-state index contributed by atoms with van der Waals surface area (Å²) in [7, 11) is 0. The van der Waals surface area contributed by atoms with Gasteiger partial charge in [-0.1, -0.05) is 44.0 Å². The summed E-state index contributed by atoms with van der Waals surface area (Å²) in [5.41, 5.74) is 9.86. The van der Waals surface area contributed by atoms with Crippen molar-refractivity contribution in [3.63, 3.8) is 0 Å². The summed E-state index contributed by atoms with van der Waals surface area (Å²) in [4.78, 5) is 30.4. The molecule has 0 saturated heterocycles. The summed E-state index contributed by atoms with van der Waals surface area (Å²) < 4.78 is 11.3. The Balaban J connectivity index is 0.000000479. The number of nitrogen functional groups attached to an aromatic ring is 1. The van der Waals surface area contributed by atoms with E-state index in [0.29, 0.717) is 13.0 Å². The fraction of sp³-hybridized carbons (Fsp3) is 0.348. The summed E-state index contributed by atoms with van der Waals surface area (Å²) in [6.07, 6.45) is 1.34. The first-order valence-corrected chi connectivity index (χ1v) is 11.3. The number of rotatable bonds is 6. The van der Waals surface area contributed by atoms with E-state index in [2.05, 4.69) is 42.7 Å². The van der Waals surface area contributed by atoms with Gasteiger partial charge < -0.3 is 15.2 Å². The van der Waals surface area contributed by atoms with Crippen molar-refractivity contribution in [1.82, 2.24) is 0 Å². The standard InChI is InChI=1S/C12H15BrO2.C7H8BrN.C4H6O3/c1-3-15-12(14)7-5-10-4-6-11(13)9(2)8-10;1-5-4-6(9)2-3-7(5)8;1-2-7-4(6)3-5/h4,6,8H,3,5,7H2,1-2H3;2-4H,9H2,1H3;3H,2H2,1H3. The lowest BCUT2D eigenvalue weighted by Gasteiger charge is -2.04. The van der Waals surface area contributed by atoms with Crippen molar-refractivity contribution in [3.8, 4) is 0 Å². The van der Waals surface area contributed by atoms with E-state index in [9.17, 15) is 14.4 Å². The second-order valence-electron chi connectivity index (χ2n) is 6.27. The van der Waals surface area contributed by atoms with Crippen LogP contribution >= 0.6 is 31.9 Å². The second kappa shape index (κ2) is 16.5. The van der Waals surface area contributed by atoms with E-state index in [1.807, 2.05) is 51.1 Å². The number of benzene rings is 2. The zero-order valence-corrected chi connectivity index (χ0v) is 21.4. The number of anilines is 1. The minimum absolute atomic E-state index is 0.127. The SMILES string of the molecule is CCOC(=O)C=O.CCOC(=O)CCc1ccc(Br)c(C)c1.Cc1cc(N)ccc1Br. The highest BCUT2D eigenvalue weighted by atomic mass is 79.9. The third-order valence-electron chi connectivity index (χ3n) is 3.71. The monoisotopic (exact) mass is 557 g/mol. The van der Waals surface area contributed by atoms with Gasteiger partial charge in [-0.15, -0.1) is 0 Å². The lowest BCUT2D eigenvalue weighted by molar-refractivity contribution is -0.148. The number of hydrogen-bond acceptors (Lipinski definition) is 6. The van der Waals surface area contributed by atoms with Crippen LogP contribution in [0.2, 0.25) is 0 Å². The minimum atomic E-state index is -0.803. The molecule has 0 unspecified atom stereocenters. The molecule has 2 aromatic carbocycles. The molecule has 0 amide bonds. The summed E-state index contributed by atoms with van der Waals surface area (Å²) in [5, 5.41) is 0. The average Bonchev–Trinajstić information content (AvgIpc) is 2.73. The molecule has 2 rings (SSSR count). The van der Waals surface area contributed by atoms with Crippen molar-refractivity contribution in [2.75, 3.05) is 18.9 Å². The number of aldehydes is 1. The summed E-state index contributed by atoms with van der Waals surface area (Å²) in [6.45, 7) is 8.23. The van der Waals surface area contributed by atoms with Crippen molar-refractivity contribution < 1.29 is 23.9 Å². The fourth-order valence-electron chi connectivity index (χ4n) is 2.19. The van der Waals surface area contributed by atoms with E-state index in [1.54, 1.807) is 6.92 Å². The normalized spacial score (nSPS) is 9.35. The quantitative estimate of drug-likeness (QED) is 0.222. The van der Waals surface area contributed by atoms with E-state index in [4.69, 9.17) is 10.5 Å². The second-order valence-corrected chi connectivity index (χ2v) is 7.98. The Bertz CT molecular complexity index is 856. The topological polar surface area (TPSA) is 95.7 Å². The van der Waals surface area contributed by atoms with Crippen molar-refractivity contribution >= 4 is 55.8 Å². The molecule has 8 heteroatoms. The fourth-order valence-corrected chi connectivity index (χ4v) is 2.68. The maximum absolute atomic E-state index is 11.1. The van der Waals surface area contributed by atoms with Crippen LogP contribution < -0.4 is 5.73 Å². The van der Waals surface area contributed by atoms with Crippen LogP contribution in [0.1, 0.15) is 37.0 Å². The van der Waals surface area contributed by atoms with Crippen LogP contribution in [0, 0.1) is 13.8 Å². The molecule has 0 aliphatic rings. The van der Waals surface area contributed by atoms with Crippen LogP contribution in [0.3, 0.4) is 0 Å². The highest BCUT2D eigenvalue weighted by Gasteiger charge is 2.03. The Morgan fingerprint density at radius 1 is 0.935 bits per heavy atom. The Morgan fingerprint density at radius 2 is 1.48 bits per heavy atom. The molecule has 31 heavy (non-hydrogen) atoms. The molecule has 6 nitrogen and oxygen atoms in total. The van der Waals surface area contributed by atoms with Gasteiger partial charge in [0.25, 0.3) is 0 Å². The maximum Gasteiger partial charge on any atom is 0.371 e. The summed E-state index contributed by atoms with van der Waals surface area (Å²) >= 11 is 6.82. The van der Waals surface area contributed by atoms with Crippen LogP contribution in [0.4, 0.5) is 5.69 Å². The molecule has 2 N–H and O–H groups in total.